The maximum absolute atomic E-state index is 11.7. The number of ether oxygens (including phenoxy) is 1. The summed E-state index contributed by atoms with van der Waals surface area (Å²) in [5, 5.41) is 4.34. The van der Waals surface area contributed by atoms with Gasteiger partial charge in [0.05, 0.1) is 22.8 Å². The van der Waals surface area contributed by atoms with Gasteiger partial charge in [0, 0.05) is 12.4 Å². The number of hydrogen-bond acceptors (Lipinski definition) is 4. The summed E-state index contributed by atoms with van der Waals surface area (Å²) in [6.45, 7) is 0.768. The van der Waals surface area contributed by atoms with E-state index in [1.54, 1.807) is 29.2 Å². The molecule has 2 rings (SSSR count). The van der Waals surface area contributed by atoms with E-state index in [0.717, 1.165) is 0 Å². The molecule has 0 fully saturated rings. The van der Waals surface area contributed by atoms with Crippen LogP contribution in [-0.4, -0.2) is 22.4 Å². The average molecular weight is 266 g/mol. The minimum atomic E-state index is -0.427. The summed E-state index contributed by atoms with van der Waals surface area (Å²) >= 11 is 5.83. The van der Waals surface area contributed by atoms with E-state index in [1.165, 1.54) is 6.07 Å². The summed E-state index contributed by atoms with van der Waals surface area (Å²) in [5.41, 5.74) is 6.38. The molecule has 0 spiro atoms. The molecule has 0 bridgehead atoms. The smallest absolute Gasteiger partial charge is 0.338 e. The van der Waals surface area contributed by atoms with Gasteiger partial charge in [-0.15, -0.1) is 0 Å². The largest absolute Gasteiger partial charge is 0.460 e. The van der Waals surface area contributed by atoms with Crippen molar-refractivity contribution in [2.24, 2.45) is 0 Å². The summed E-state index contributed by atoms with van der Waals surface area (Å²) in [4.78, 5) is 11.7. The molecule has 6 heteroatoms. The monoisotopic (exact) mass is 265 g/mol. The number of nitrogens with zero attached hydrogens (tertiary/aromatic N) is 2. The zero-order valence-corrected chi connectivity index (χ0v) is 10.3. The van der Waals surface area contributed by atoms with E-state index in [2.05, 4.69) is 5.10 Å². The number of rotatable bonds is 4. The van der Waals surface area contributed by atoms with E-state index in [1.807, 2.05) is 6.07 Å². The number of benzene rings is 1. The quantitative estimate of drug-likeness (QED) is 0.678. The summed E-state index contributed by atoms with van der Waals surface area (Å²) in [7, 11) is 0. The second-order valence-electron chi connectivity index (χ2n) is 3.64. The van der Waals surface area contributed by atoms with E-state index in [-0.39, 0.29) is 6.61 Å². The first-order valence-electron chi connectivity index (χ1n) is 5.36. The van der Waals surface area contributed by atoms with Crippen molar-refractivity contribution in [1.29, 1.82) is 0 Å². The third-order valence-electron chi connectivity index (χ3n) is 2.35. The lowest BCUT2D eigenvalue weighted by atomic mass is 10.2. The number of halogens is 1. The normalized spacial score (nSPS) is 10.3. The molecule has 0 aliphatic carbocycles. The molecule has 1 aromatic carbocycles. The van der Waals surface area contributed by atoms with Crippen molar-refractivity contribution < 1.29 is 9.53 Å². The fraction of sp³-hybridized carbons (Fsp3) is 0.167. The zero-order chi connectivity index (χ0) is 13.0. The number of carbonyl (C=O) groups excluding carboxylic acids is 1. The third-order valence-corrected chi connectivity index (χ3v) is 2.68. The number of carbonyl (C=O) groups is 1. The molecule has 0 saturated heterocycles. The van der Waals surface area contributed by atoms with Gasteiger partial charge in [-0.2, -0.15) is 5.10 Å². The predicted octanol–water partition coefficient (Wildman–Crippen LogP) is 1.98. The van der Waals surface area contributed by atoms with Gasteiger partial charge in [-0.3, -0.25) is 4.68 Å². The van der Waals surface area contributed by atoms with Gasteiger partial charge in [0.2, 0.25) is 0 Å². The molecular weight excluding hydrogens is 254 g/mol. The number of hydrogen-bond donors (Lipinski definition) is 1. The van der Waals surface area contributed by atoms with Gasteiger partial charge in [0.1, 0.15) is 6.61 Å². The Morgan fingerprint density at radius 3 is 3.00 bits per heavy atom. The summed E-state index contributed by atoms with van der Waals surface area (Å²) in [6.07, 6.45) is 3.47. The second kappa shape index (κ2) is 5.55. The van der Waals surface area contributed by atoms with Gasteiger partial charge in [-0.05, 0) is 24.3 Å². The Morgan fingerprint density at radius 2 is 2.33 bits per heavy atom. The zero-order valence-electron chi connectivity index (χ0n) is 9.54. The lowest BCUT2D eigenvalue weighted by molar-refractivity contribution is 0.0488. The first kappa shape index (κ1) is 12.4. The van der Waals surface area contributed by atoms with Crippen molar-refractivity contribution in [1.82, 2.24) is 9.78 Å². The molecule has 94 valence electrons. The van der Waals surface area contributed by atoms with Gasteiger partial charge < -0.3 is 10.5 Å². The first-order chi connectivity index (χ1) is 8.66. The maximum Gasteiger partial charge on any atom is 0.338 e. The van der Waals surface area contributed by atoms with Crippen molar-refractivity contribution >= 4 is 23.3 Å². The Morgan fingerprint density at radius 1 is 1.50 bits per heavy atom. The second-order valence-corrected chi connectivity index (χ2v) is 4.05. The van der Waals surface area contributed by atoms with Crippen LogP contribution >= 0.6 is 11.6 Å². The Hall–Kier alpha value is -2.01. The lowest BCUT2D eigenvalue weighted by Gasteiger charge is -2.06. The van der Waals surface area contributed by atoms with Crippen LogP contribution in [0.2, 0.25) is 5.02 Å². The number of anilines is 1. The molecule has 0 atom stereocenters. The summed E-state index contributed by atoms with van der Waals surface area (Å²) < 4.78 is 6.78. The molecule has 5 nitrogen and oxygen atoms in total. The van der Waals surface area contributed by atoms with E-state index in [0.29, 0.717) is 22.8 Å². The van der Waals surface area contributed by atoms with Crippen LogP contribution in [0.25, 0.3) is 0 Å². The fourth-order valence-corrected chi connectivity index (χ4v) is 1.58. The molecule has 0 radical (unpaired) electrons. The molecule has 0 aliphatic heterocycles. The fourth-order valence-electron chi connectivity index (χ4n) is 1.40. The van der Waals surface area contributed by atoms with Crippen LogP contribution in [0.4, 0.5) is 5.69 Å². The van der Waals surface area contributed by atoms with E-state index >= 15 is 0 Å². The molecule has 0 saturated carbocycles. The molecule has 2 aromatic rings. The molecule has 1 aromatic heterocycles. The van der Waals surface area contributed by atoms with Crippen LogP contribution in [0.3, 0.4) is 0 Å². The third kappa shape index (κ3) is 3.01. The van der Waals surface area contributed by atoms with Crippen LogP contribution in [0.5, 0.6) is 0 Å². The van der Waals surface area contributed by atoms with Crippen LogP contribution in [0.15, 0.2) is 36.7 Å². The van der Waals surface area contributed by atoms with Crippen molar-refractivity contribution in [3.05, 3.63) is 47.2 Å². The van der Waals surface area contributed by atoms with Crippen molar-refractivity contribution in [2.45, 2.75) is 6.54 Å². The minimum absolute atomic E-state index is 0.252. The topological polar surface area (TPSA) is 70.1 Å². The van der Waals surface area contributed by atoms with Crippen LogP contribution < -0.4 is 5.73 Å². The van der Waals surface area contributed by atoms with Crippen molar-refractivity contribution in [3.8, 4) is 0 Å². The van der Waals surface area contributed by atoms with Crippen molar-refractivity contribution in [2.75, 3.05) is 12.3 Å². The highest BCUT2D eigenvalue weighted by atomic mass is 35.5. The Bertz CT molecular complexity index is 540. The van der Waals surface area contributed by atoms with E-state index in [4.69, 9.17) is 22.1 Å². The molecule has 0 unspecified atom stereocenters. The average Bonchev–Trinajstić information content (AvgIpc) is 2.85. The number of nitrogen functional groups attached to an aromatic ring is 1. The van der Waals surface area contributed by atoms with Gasteiger partial charge in [0.15, 0.2) is 0 Å². The van der Waals surface area contributed by atoms with Gasteiger partial charge >= 0.3 is 5.97 Å². The Balaban J connectivity index is 1.89. The van der Waals surface area contributed by atoms with Gasteiger partial charge in [-0.25, -0.2) is 4.79 Å². The SMILES string of the molecule is Nc1ccc(C(=O)OCCn2cccn2)cc1Cl. The summed E-state index contributed by atoms with van der Waals surface area (Å²) in [5.74, 6) is -0.427. The first-order valence-corrected chi connectivity index (χ1v) is 5.74. The number of esters is 1. The predicted molar refractivity (Wildman–Crippen MR) is 68.4 cm³/mol. The molecular formula is C12H12ClN3O2. The molecule has 18 heavy (non-hydrogen) atoms. The number of nitrogens with two attached hydrogens (primary N) is 1. The standard InChI is InChI=1S/C12H12ClN3O2/c13-10-8-9(2-3-11(10)14)12(17)18-7-6-16-5-1-4-15-16/h1-5,8H,6-7,14H2. The Kier molecular flexibility index (Phi) is 3.84. The van der Waals surface area contributed by atoms with Crippen LogP contribution in [-0.2, 0) is 11.3 Å². The van der Waals surface area contributed by atoms with Crippen LogP contribution in [0.1, 0.15) is 10.4 Å². The van der Waals surface area contributed by atoms with E-state index in [9.17, 15) is 4.79 Å². The molecule has 2 N–H and O–H groups in total. The summed E-state index contributed by atoms with van der Waals surface area (Å²) in [6, 6.07) is 6.46. The highest BCUT2D eigenvalue weighted by molar-refractivity contribution is 6.33. The molecule has 0 amide bonds. The van der Waals surface area contributed by atoms with Gasteiger partial charge in [-0.1, -0.05) is 11.6 Å². The highest BCUT2D eigenvalue weighted by Crippen LogP contribution is 2.20. The van der Waals surface area contributed by atoms with Gasteiger partial charge in [0.25, 0.3) is 0 Å². The maximum atomic E-state index is 11.7. The van der Waals surface area contributed by atoms with Crippen LogP contribution in [0, 0.1) is 0 Å². The molecule has 1 heterocycles. The Labute approximate surface area is 109 Å². The minimum Gasteiger partial charge on any atom is -0.460 e. The molecule has 0 aliphatic rings. The van der Waals surface area contributed by atoms with Crippen molar-refractivity contribution in [3.63, 3.8) is 0 Å². The lowest BCUT2D eigenvalue weighted by Crippen LogP contribution is -2.12. The highest BCUT2D eigenvalue weighted by Gasteiger charge is 2.08. The van der Waals surface area contributed by atoms with E-state index < -0.39 is 5.97 Å². The number of aromatic nitrogens is 2.